The van der Waals surface area contributed by atoms with Crippen LogP contribution in [0.4, 0.5) is 17.1 Å². The lowest BCUT2D eigenvalue weighted by molar-refractivity contribution is 1.25. The van der Waals surface area contributed by atoms with Gasteiger partial charge in [0.05, 0.1) is 0 Å². The second-order valence-corrected chi connectivity index (χ2v) is 6.43. The smallest absolute Gasteiger partial charge is 0.0462 e. The van der Waals surface area contributed by atoms with Crippen molar-refractivity contribution in [1.82, 2.24) is 0 Å². The van der Waals surface area contributed by atoms with Crippen LogP contribution in [0.5, 0.6) is 0 Å². The van der Waals surface area contributed by atoms with Crippen molar-refractivity contribution in [2.24, 2.45) is 0 Å². The van der Waals surface area contributed by atoms with Gasteiger partial charge in [-0.1, -0.05) is 0 Å². The third-order valence-corrected chi connectivity index (χ3v) is 4.22. The summed E-state index contributed by atoms with van der Waals surface area (Å²) in [6.45, 7) is 0. The Morgan fingerprint density at radius 3 is 0.864 bits per heavy atom. The van der Waals surface area contributed by atoms with Gasteiger partial charge in [-0.25, -0.2) is 0 Å². The molecule has 0 aromatic heterocycles. The van der Waals surface area contributed by atoms with Gasteiger partial charge in [0.1, 0.15) is 0 Å². The average molecular weight is 342 g/mol. The van der Waals surface area contributed by atoms with Gasteiger partial charge in [0, 0.05) is 31.7 Å². The molecule has 3 rings (SSSR count). The van der Waals surface area contributed by atoms with E-state index in [1.54, 1.807) is 0 Å². The number of rotatable bonds is 3. The highest BCUT2D eigenvalue weighted by Crippen LogP contribution is 2.35. The zero-order valence-corrected chi connectivity index (χ0v) is 14.4. The maximum atomic E-state index is 4.36. The number of benzene rings is 3. The van der Waals surface area contributed by atoms with Crippen LogP contribution < -0.4 is 4.90 Å². The molecule has 0 spiro atoms. The van der Waals surface area contributed by atoms with Gasteiger partial charge in [-0.05, 0) is 72.8 Å². The number of hydrogen-bond acceptors (Lipinski definition) is 4. The van der Waals surface area contributed by atoms with Crippen LogP contribution in [0.1, 0.15) is 0 Å². The first-order valence-corrected chi connectivity index (χ1v) is 8.15. The molecule has 0 saturated carbocycles. The number of nitrogens with zero attached hydrogens (tertiary/aromatic N) is 1. The molecule has 0 unspecified atom stereocenters. The Balaban J connectivity index is 2.10. The molecule has 0 heterocycles. The summed E-state index contributed by atoms with van der Waals surface area (Å²) in [6, 6.07) is 24.3. The van der Waals surface area contributed by atoms with Crippen LogP contribution in [-0.2, 0) is 0 Å². The van der Waals surface area contributed by atoms with E-state index in [0.29, 0.717) is 0 Å². The van der Waals surface area contributed by atoms with E-state index in [2.05, 4.69) is 79.2 Å². The summed E-state index contributed by atoms with van der Waals surface area (Å²) in [4.78, 5) is 5.02. The summed E-state index contributed by atoms with van der Waals surface area (Å²) in [6.07, 6.45) is 0. The molecule has 3 aromatic carbocycles. The first kappa shape index (κ1) is 15.4. The molecular weight excluding hydrogens is 326 g/mol. The lowest BCUT2D eigenvalue weighted by Gasteiger charge is -2.25. The minimum Gasteiger partial charge on any atom is -0.311 e. The van der Waals surface area contributed by atoms with Gasteiger partial charge in [0.2, 0.25) is 0 Å². The fraction of sp³-hybridized carbons (Fsp3) is 0. The molecule has 0 radical (unpaired) electrons. The van der Waals surface area contributed by atoms with Crippen molar-refractivity contribution in [3.8, 4) is 0 Å². The highest BCUT2D eigenvalue weighted by molar-refractivity contribution is 7.80. The predicted molar refractivity (Wildman–Crippen MR) is 103 cm³/mol. The number of anilines is 3. The summed E-state index contributed by atoms with van der Waals surface area (Å²) < 4.78 is 0. The standard InChI is InChI=1S/C18H15NS3/c20-16-7-1-13(2-8-16)19(14-3-9-17(21)10-4-14)15-5-11-18(22)12-6-15/h1-12,20-22H. The molecule has 0 aliphatic heterocycles. The first-order valence-electron chi connectivity index (χ1n) is 6.81. The van der Waals surface area contributed by atoms with Crippen molar-refractivity contribution in [2.45, 2.75) is 14.7 Å². The summed E-state index contributed by atoms with van der Waals surface area (Å²) in [7, 11) is 0. The van der Waals surface area contributed by atoms with Crippen LogP contribution in [-0.4, -0.2) is 0 Å². The van der Waals surface area contributed by atoms with Crippen molar-refractivity contribution >= 4 is 54.9 Å². The second kappa shape index (κ2) is 6.73. The molecule has 0 bridgehead atoms. The van der Waals surface area contributed by atoms with Crippen LogP contribution in [0.2, 0.25) is 0 Å². The third-order valence-electron chi connectivity index (χ3n) is 3.32. The zero-order valence-electron chi connectivity index (χ0n) is 11.7. The zero-order chi connectivity index (χ0) is 15.5. The van der Waals surface area contributed by atoms with E-state index in [0.717, 1.165) is 31.7 Å². The van der Waals surface area contributed by atoms with Crippen molar-refractivity contribution in [3.63, 3.8) is 0 Å². The van der Waals surface area contributed by atoms with Crippen molar-refractivity contribution in [3.05, 3.63) is 72.8 Å². The fourth-order valence-electron chi connectivity index (χ4n) is 2.25. The van der Waals surface area contributed by atoms with Gasteiger partial charge in [0.25, 0.3) is 0 Å². The SMILES string of the molecule is Sc1ccc(N(c2ccc(S)cc2)c2ccc(S)cc2)cc1. The van der Waals surface area contributed by atoms with E-state index >= 15 is 0 Å². The summed E-state index contributed by atoms with van der Waals surface area (Å²) >= 11 is 13.1. The predicted octanol–water partition coefficient (Wildman–Crippen LogP) is 6.02. The van der Waals surface area contributed by atoms with Gasteiger partial charge in [-0.3, -0.25) is 0 Å². The van der Waals surface area contributed by atoms with Gasteiger partial charge >= 0.3 is 0 Å². The van der Waals surface area contributed by atoms with E-state index < -0.39 is 0 Å². The van der Waals surface area contributed by atoms with E-state index in [1.165, 1.54) is 0 Å². The van der Waals surface area contributed by atoms with Crippen LogP contribution in [0.3, 0.4) is 0 Å². The average Bonchev–Trinajstić information content (AvgIpc) is 2.53. The van der Waals surface area contributed by atoms with Crippen LogP contribution in [0.15, 0.2) is 87.5 Å². The van der Waals surface area contributed by atoms with Gasteiger partial charge < -0.3 is 4.90 Å². The topological polar surface area (TPSA) is 3.24 Å². The van der Waals surface area contributed by atoms with E-state index in [4.69, 9.17) is 0 Å². The molecule has 4 heteroatoms. The Morgan fingerprint density at radius 1 is 0.409 bits per heavy atom. The van der Waals surface area contributed by atoms with Gasteiger partial charge in [-0.2, -0.15) is 0 Å². The Hall–Kier alpha value is -1.49. The van der Waals surface area contributed by atoms with Crippen molar-refractivity contribution in [2.75, 3.05) is 4.90 Å². The first-order chi connectivity index (χ1) is 10.6. The molecule has 0 fully saturated rings. The molecular formula is C18H15NS3. The maximum Gasteiger partial charge on any atom is 0.0462 e. The van der Waals surface area contributed by atoms with Crippen molar-refractivity contribution < 1.29 is 0 Å². The Labute approximate surface area is 147 Å². The number of thiol groups is 3. The van der Waals surface area contributed by atoms with E-state index in [1.807, 2.05) is 36.4 Å². The highest BCUT2D eigenvalue weighted by Gasteiger charge is 2.11. The third kappa shape index (κ3) is 3.46. The molecule has 1 nitrogen and oxygen atoms in total. The van der Waals surface area contributed by atoms with E-state index in [9.17, 15) is 0 Å². The molecule has 0 aliphatic rings. The number of hydrogen-bond donors (Lipinski definition) is 3. The summed E-state index contributed by atoms with van der Waals surface area (Å²) in [5, 5.41) is 0. The highest BCUT2D eigenvalue weighted by atomic mass is 32.1. The molecule has 0 atom stereocenters. The Bertz CT molecular complexity index is 642. The summed E-state index contributed by atoms with van der Waals surface area (Å²) in [5.41, 5.74) is 3.24. The van der Waals surface area contributed by atoms with Crippen LogP contribution >= 0.6 is 37.9 Å². The summed E-state index contributed by atoms with van der Waals surface area (Å²) in [5.74, 6) is 0. The van der Waals surface area contributed by atoms with Gasteiger partial charge in [0.15, 0.2) is 0 Å². The minimum atomic E-state index is 0.945. The van der Waals surface area contributed by atoms with E-state index in [-0.39, 0.29) is 0 Å². The molecule has 0 N–H and O–H groups in total. The van der Waals surface area contributed by atoms with Crippen molar-refractivity contribution in [1.29, 1.82) is 0 Å². The molecule has 110 valence electrons. The molecule has 0 amide bonds. The lowest BCUT2D eigenvalue weighted by Crippen LogP contribution is -2.09. The Morgan fingerprint density at radius 2 is 0.636 bits per heavy atom. The monoisotopic (exact) mass is 341 g/mol. The minimum absolute atomic E-state index is 0.945. The van der Waals surface area contributed by atoms with Crippen LogP contribution in [0, 0.1) is 0 Å². The molecule has 0 aliphatic carbocycles. The normalized spacial score (nSPS) is 10.5. The maximum absolute atomic E-state index is 4.36. The molecule has 3 aromatic rings. The fourth-order valence-corrected chi connectivity index (χ4v) is 2.70. The molecule has 22 heavy (non-hydrogen) atoms. The van der Waals surface area contributed by atoms with Crippen LogP contribution in [0.25, 0.3) is 0 Å². The molecule has 0 saturated heterocycles. The quantitative estimate of drug-likeness (QED) is 0.491. The second-order valence-electron chi connectivity index (χ2n) is 4.88. The largest absolute Gasteiger partial charge is 0.311 e. The Kier molecular flexibility index (Phi) is 4.71. The lowest BCUT2D eigenvalue weighted by atomic mass is 10.2. The van der Waals surface area contributed by atoms with Gasteiger partial charge in [-0.15, -0.1) is 37.9 Å².